The van der Waals surface area contributed by atoms with Gasteiger partial charge in [0, 0.05) is 0 Å². The quantitative estimate of drug-likeness (QED) is 0.376. The predicted molar refractivity (Wildman–Crippen MR) is 122 cm³/mol. The van der Waals surface area contributed by atoms with E-state index in [0.29, 0.717) is 0 Å². The summed E-state index contributed by atoms with van der Waals surface area (Å²) in [5.41, 5.74) is 8.12. The van der Waals surface area contributed by atoms with E-state index in [-0.39, 0.29) is 24.8 Å². The summed E-state index contributed by atoms with van der Waals surface area (Å²) in [6.45, 7) is 2.31. The first-order valence-electron chi connectivity index (χ1n) is 11.9. The van der Waals surface area contributed by atoms with Crippen LogP contribution in [-0.4, -0.2) is 0 Å². The summed E-state index contributed by atoms with van der Waals surface area (Å²) in [5.74, 6) is 0. The van der Waals surface area contributed by atoms with Crippen LogP contribution in [0.3, 0.4) is 0 Å². The van der Waals surface area contributed by atoms with E-state index in [1.807, 2.05) is 3.88 Å². The second kappa shape index (κ2) is 10.9. The Morgan fingerprint density at radius 3 is 1.97 bits per heavy atom. The van der Waals surface area contributed by atoms with Crippen molar-refractivity contribution in [2.75, 3.05) is 0 Å². The molecule has 0 amide bonds. The summed E-state index contributed by atoms with van der Waals surface area (Å²) in [5, 5.41) is 0. The smallest absolute Gasteiger partial charge is 1.00 e. The van der Waals surface area contributed by atoms with Crippen molar-refractivity contribution >= 4 is 0 Å². The maximum Gasteiger partial charge on any atom is -1.00 e. The maximum atomic E-state index is 2.51. The van der Waals surface area contributed by atoms with Crippen LogP contribution in [0.25, 0.3) is 11.1 Å². The summed E-state index contributed by atoms with van der Waals surface area (Å²) in [6.07, 6.45) is 16.0. The Hall–Kier alpha value is -0.786. The van der Waals surface area contributed by atoms with Gasteiger partial charge in [-0.25, -0.2) is 0 Å². The summed E-state index contributed by atoms with van der Waals surface area (Å²) in [6, 6.07) is 18.6. The molecule has 5 rings (SSSR count). The molecule has 2 aliphatic carbocycles. The zero-order chi connectivity index (χ0) is 19.7. The SMILES string of the molecule is CCCCCCCCC1=[C]([Ti+2]2([CH]3c4ccccc4-c4ccccc43)[CH2][CH2]2)CC=C1.[Cl-].[Cl-]. The topological polar surface area (TPSA) is 0 Å². The molecule has 1 aliphatic heterocycles. The van der Waals surface area contributed by atoms with Crippen LogP contribution in [0.4, 0.5) is 0 Å². The molecule has 0 atom stereocenters. The third kappa shape index (κ3) is 4.65. The van der Waals surface area contributed by atoms with Crippen molar-refractivity contribution in [3.63, 3.8) is 0 Å². The minimum absolute atomic E-state index is 0. The van der Waals surface area contributed by atoms with Gasteiger partial charge in [-0.1, -0.05) is 0 Å². The van der Waals surface area contributed by atoms with Crippen molar-refractivity contribution in [3.8, 4) is 11.1 Å². The molecular formula is C28H34Cl2Ti. The second-order valence-corrected chi connectivity index (χ2v) is 16.4. The van der Waals surface area contributed by atoms with E-state index in [0.717, 1.165) is 4.22 Å². The zero-order valence-corrected chi connectivity index (χ0v) is 21.8. The first-order chi connectivity index (χ1) is 14.3. The molecule has 2 aromatic rings. The van der Waals surface area contributed by atoms with E-state index in [1.165, 1.54) is 62.5 Å². The minimum Gasteiger partial charge on any atom is -1.00 e. The molecule has 2 aromatic carbocycles. The van der Waals surface area contributed by atoms with Gasteiger partial charge >= 0.3 is 181 Å². The normalized spacial score (nSPS) is 16.7. The molecule has 0 N–H and O–H groups in total. The van der Waals surface area contributed by atoms with Crippen LogP contribution in [0.15, 0.2) is 70.1 Å². The fourth-order valence-corrected chi connectivity index (χ4v) is 15.4. The summed E-state index contributed by atoms with van der Waals surface area (Å²) >= 11 is -2.05. The second-order valence-electron chi connectivity index (χ2n) is 9.39. The minimum atomic E-state index is -2.05. The van der Waals surface area contributed by atoms with E-state index in [2.05, 4.69) is 67.6 Å². The zero-order valence-electron chi connectivity index (χ0n) is 18.7. The predicted octanol–water partition coefficient (Wildman–Crippen LogP) is 2.73. The van der Waals surface area contributed by atoms with Crippen molar-refractivity contribution < 1.29 is 41.4 Å². The summed E-state index contributed by atoms with van der Waals surface area (Å²) in [4.78, 5) is 0. The Labute approximate surface area is 204 Å². The molecule has 0 aromatic heterocycles. The van der Waals surface area contributed by atoms with Crippen molar-refractivity contribution in [2.24, 2.45) is 0 Å². The Morgan fingerprint density at radius 1 is 0.774 bits per heavy atom. The van der Waals surface area contributed by atoms with E-state index >= 15 is 0 Å². The Balaban J connectivity index is 0.00000136. The van der Waals surface area contributed by atoms with E-state index in [4.69, 9.17) is 0 Å². The van der Waals surface area contributed by atoms with E-state index < -0.39 is 16.6 Å². The molecule has 0 bridgehead atoms. The molecule has 3 heteroatoms. The van der Waals surface area contributed by atoms with Crippen LogP contribution in [0.2, 0.25) is 9.45 Å². The average Bonchev–Trinajstić information content (AvgIpc) is 3.27. The average molecular weight is 489 g/mol. The molecule has 1 fully saturated rings. The molecule has 164 valence electrons. The number of fused-ring (bicyclic) bond motifs is 3. The van der Waals surface area contributed by atoms with Gasteiger partial charge in [-0.2, -0.15) is 0 Å². The van der Waals surface area contributed by atoms with Gasteiger partial charge in [-0.05, 0) is 0 Å². The van der Waals surface area contributed by atoms with Gasteiger partial charge in [0.05, 0.1) is 0 Å². The summed E-state index contributed by atoms with van der Waals surface area (Å²) in [7, 11) is 0. The number of unbranched alkanes of at least 4 members (excludes halogenated alkanes) is 5. The van der Waals surface area contributed by atoms with Gasteiger partial charge < -0.3 is 24.8 Å². The fraction of sp³-hybridized carbons (Fsp3) is 0.429. The van der Waals surface area contributed by atoms with Crippen LogP contribution in [0, 0.1) is 0 Å². The van der Waals surface area contributed by atoms with Gasteiger partial charge in [-0.15, -0.1) is 0 Å². The van der Waals surface area contributed by atoms with Gasteiger partial charge in [0.1, 0.15) is 0 Å². The van der Waals surface area contributed by atoms with Crippen molar-refractivity contribution in [1.29, 1.82) is 0 Å². The van der Waals surface area contributed by atoms with Crippen LogP contribution in [0.1, 0.15) is 73.6 Å². The molecule has 3 aliphatic rings. The Morgan fingerprint density at radius 2 is 1.35 bits per heavy atom. The number of rotatable bonds is 9. The molecule has 1 heterocycles. The van der Waals surface area contributed by atoms with Crippen molar-refractivity contribution in [3.05, 3.63) is 81.3 Å². The maximum absolute atomic E-state index is 2.51. The third-order valence-corrected chi connectivity index (χ3v) is 15.5. The van der Waals surface area contributed by atoms with Gasteiger partial charge in [0.25, 0.3) is 0 Å². The van der Waals surface area contributed by atoms with Crippen LogP contribution < -0.4 is 24.8 Å². The Bertz CT molecular complexity index is 909. The summed E-state index contributed by atoms with van der Waals surface area (Å²) < 4.78 is 5.81. The number of benzene rings is 2. The van der Waals surface area contributed by atoms with Crippen LogP contribution >= 0.6 is 0 Å². The van der Waals surface area contributed by atoms with Crippen molar-refractivity contribution in [1.82, 2.24) is 0 Å². The van der Waals surface area contributed by atoms with Crippen molar-refractivity contribution in [2.45, 2.75) is 72.0 Å². The first kappa shape index (κ1) is 24.8. The van der Waals surface area contributed by atoms with Crippen LogP contribution in [0.5, 0.6) is 0 Å². The molecule has 0 radical (unpaired) electrons. The van der Waals surface area contributed by atoms with Gasteiger partial charge in [0.2, 0.25) is 0 Å². The molecule has 0 saturated carbocycles. The number of hydrogen-bond donors (Lipinski definition) is 0. The number of allylic oxidation sites excluding steroid dienone is 4. The third-order valence-electron chi connectivity index (χ3n) is 7.60. The van der Waals surface area contributed by atoms with Gasteiger partial charge in [-0.3, -0.25) is 0 Å². The monoisotopic (exact) mass is 488 g/mol. The molecular weight excluding hydrogens is 455 g/mol. The molecule has 0 spiro atoms. The fourth-order valence-electron chi connectivity index (χ4n) is 6.05. The van der Waals surface area contributed by atoms with E-state index in [9.17, 15) is 0 Å². The molecule has 1 saturated heterocycles. The standard InChI is InChI=1S/C13H9.C13H21.C2H4.2ClH.Ti/c1-3-7-12-10(5-1)9-11-6-2-4-8-13(11)12;1-2-3-4-5-6-7-10-13-11-8-9-12-13;1-2;;;/h1-9H;8,11H,2-7,9-10H2,1H3;1-2H2;2*1H;/q;;;;;+2/p-2. The first-order valence-corrected chi connectivity index (χ1v) is 15.8. The van der Waals surface area contributed by atoms with Gasteiger partial charge in [0.15, 0.2) is 0 Å². The molecule has 0 nitrogen and oxygen atoms in total. The largest absolute Gasteiger partial charge is 1.00 e. The Kier molecular flexibility index (Phi) is 8.73. The molecule has 0 unspecified atom stereocenters. The molecule has 31 heavy (non-hydrogen) atoms. The van der Waals surface area contributed by atoms with E-state index in [1.54, 1.807) is 26.2 Å². The number of hydrogen-bond acceptors (Lipinski definition) is 0. The van der Waals surface area contributed by atoms with Crippen LogP contribution in [-0.2, 0) is 16.6 Å². The number of halogens is 2.